The van der Waals surface area contributed by atoms with Crippen molar-refractivity contribution in [3.8, 4) is 0 Å². The van der Waals surface area contributed by atoms with Gasteiger partial charge in [-0.1, -0.05) is 300 Å². The predicted molar refractivity (Wildman–Crippen MR) is 312 cm³/mol. The molecule has 0 fully saturated rings. The Balaban J connectivity index is 4.11. The highest BCUT2D eigenvalue weighted by Crippen LogP contribution is 2.17. The van der Waals surface area contributed by atoms with Crippen LogP contribution in [-0.4, -0.2) is 37.2 Å². The van der Waals surface area contributed by atoms with Gasteiger partial charge in [0.1, 0.15) is 13.2 Å². The fourth-order valence-electron chi connectivity index (χ4n) is 9.12. The number of hydrogen-bond donors (Lipinski definition) is 0. The molecule has 418 valence electrons. The van der Waals surface area contributed by atoms with Crippen molar-refractivity contribution < 1.29 is 28.6 Å². The smallest absolute Gasteiger partial charge is 0.306 e. The first-order valence-electron chi connectivity index (χ1n) is 31.3. The van der Waals surface area contributed by atoms with Gasteiger partial charge in [-0.3, -0.25) is 14.4 Å². The van der Waals surface area contributed by atoms with E-state index >= 15 is 0 Å². The van der Waals surface area contributed by atoms with Crippen LogP contribution in [0, 0.1) is 0 Å². The van der Waals surface area contributed by atoms with E-state index in [2.05, 4.69) is 81.5 Å². The summed E-state index contributed by atoms with van der Waals surface area (Å²) in [5.74, 6) is -0.857. The maximum atomic E-state index is 12.8. The number of ether oxygens (including phenoxy) is 3. The molecule has 0 saturated heterocycles. The summed E-state index contributed by atoms with van der Waals surface area (Å²) in [6, 6.07) is 0. The van der Waals surface area contributed by atoms with Crippen LogP contribution >= 0.6 is 0 Å². The average molecular weight is 1010 g/mol. The van der Waals surface area contributed by atoms with E-state index in [4.69, 9.17) is 14.2 Å². The molecule has 1 unspecified atom stereocenters. The van der Waals surface area contributed by atoms with Gasteiger partial charge in [-0.25, -0.2) is 0 Å². The Morgan fingerprint density at radius 1 is 0.292 bits per heavy atom. The molecule has 1 atom stereocenters. The topological polar surface area (TPSA) is 78.9 Å². The van der Waals surface area contributed by atoms with Crippen LogP contribution in [0.1, 0.15) is 323 Å². The Hall–Kier alpha value is -2.89. The van der Waals surface area contributed by atoms with E-state index < -0.39 is 6.10 Å². The quantitative estimate of drug-likeness (QED) is 0.0261. The molecule has 0 saturated carbocycles. The first-order chi connectivity index (χ1) is 35.5. The van der Waals surface area contributed by atoms with Gasteiger partial charge >= 0.3 is 17.9 Å². The number of carbonyl (C=O) groups excluding carboxylic acids is 3. The molecule has 0 aliphatic heterocycles. The van der Waals surface area contributed by atoms with Crippen molar-refractivity contribution in [3.63, 3.8) is 0 Å². The summed E-state index contributed by atoms with van der Waals surface area (Å²) < 4.78 is 16.9. The molecular formula is C66H118O6. The number of allylic oxidation sites excluding steroid dienone is 10. The highest BCUT2D eigenvalue weighted by Gasteiger charge is 2.19. The van der Waals surface area contributed by atoms with Crippen molar-refractivity contribution in [2.75, 3.05) is 13.2 Å². The van der Waals surface area contributed by atoms with Gasteiger partial charge < -0.3 is 14.2 Å². The Morgan fingerprint density at radius 2 is 0.542 bits per heavy atom. The number of rotatable bonds is 57. The third-order valence-corrected chi connectivity index (χ3v) is 13.8. The van der Waals surface area contributed by atoms with Gasteiger partial charge in [0.25, 0.3) is 0 Å². The number of esters is 3. The second-order valence-electron chi connectivity index (χ2n) is 21.0. The fraction of sp³-hybridized carbons (Fsp3) is 0.803. The standard InChI is InChI=1S/C66H118O6/c1-4-7-10-13-16-19-21-23-25-27-28-29-30-31-32-33-34-35-36-37-38-40-41-43-45-47-50-53-56-59-65(68)71-62-63(61-70-64(67)58-55-52-49-18-15-12-9-6-3)72-66(69)60-57-54-51-48-46-44-42-39-26-24-22-20-17-14-11-8-5-2/h7,10,16,19,23,25,28-29,31-32,63H,4-6,8-9,11-15,17-18,20-22,24,26-27,30,33-62H2,1-3H3/b10-7-,19-16-,25-23-,29-28-,32-31-. The zero-order chi connectivity index (χ0) is 52.2. The van der Waals surface area contributed by atoms with E-state index in [0.717, 1.165) is 89.9 Å². The lowest BCUT2D eigenvalue weighted by molar-refractivity contribution is -0.167. The summed E-state index contributed by atoms with van der Waals surface area (Å²) in [5, 5.41) is 0. The summed E-state index contributed by atoms with van der Waals surface area (Å²) in [4.78, 5) is 38.1. The van der Waals surface area contributed by atoms with E-state index in [1.807, 2.05) is 0 Å². The molecule has 0 aromatic heterocycles. The Bertz CT molecular complexity index is 1290. The molecule has 0 spiro atoms. The molecule has 0 aromatic rings. The molecule has 0 radical (unpaired) electrons. The van der Waals surface area contributed by atoms with Crippen molar-refractivity contribution in [2.24, 2.45) is 0 Å². The van der Waals surface area contributed by atoms with E-state index in [1.54, 1.807) is 0 Å². The minimum Gasteiger partial charge on any atom is -0.462 e. The van der Waals surface area contributed by atoms with Gasteiger partial charge in [-0.15, -0.1) is 0 Å². The van der Waals surface area contributed by atoms with Gasteiger partial charge in [0, 0.05) is 19.3 Å². The molecule has 6 nitrogen and oxygen atoms in total. The predicted octanol–water partition coefficient (Wildman–Crippen LogP) is 21.2. The lowest BCUT2D eigenvalue weighted by Gasteiger charge is -2.18. The average Bonchev–Trinajstić information content (AvgIpc) is 3.38. The Morgan fingerprint density at radius 3 is 0.847 bits per heavy atom. The Kier molecular flexibility index (Phi) is 58.2. The second-order valence-corrected chi connectivity index (χ2v) is 21.0. The normalized spacial score (nSPS) is 12.4. The third kappa shape index (κ3) is 58.0. The summed E-state index contributed by atoms with van der Waals surface area (Å²) in [7, 11) is 0. The van der Waals surface area contributed by atoms with Crippen LogP contribution in [0.3, 0.4) is 0 Å². The zero-order valence-electron chi connectivity index (χ0n) is 47.9. The third-order valence-electron chi connectivity index (χ3n) is 13.8. The first-order valence-corrected chi connectivity index (χ1v) is 31.3. The molecule has 0 aromatic carbocycles. The van der Waals surface area contributed by atoms with Crippen LogP contribution in [0.4, 0.5) is 0 Å². The second kappa shape index (κ2) is 60.7. The molecule has 0 N–H and O–H groups in total. The number of unbranched alkanes of at least 4 members (excludes halogenated alkanes) is 36. The maximum Gasteiger partial charge on any atom is 0.306 e. The summed E-state index contributed by atoms with van der Waals surface area (Å²) in [6.07, 6.45) is 76.7. The van der Waals surface area contributed by atoms with Crippen molar-refractivity contribution in [1.29, 1.82) is 0 Å². The highest BCUT2D eigenvalue weighted by atomic mass is 16.6. The molecule has 0 bridgehead atoms. The maximum absolute atomic E-state index is 12.8. The molecular weight excluding hydrogens is 889 g/mol. The molecule has 72 heavy (non-hydrogen) atoms. The SMILES string of the molecule is CC/C=C\C/C=C\C/C=C\C/C=C\C/C=C\CCCCCCCCCCCCCCCC(=O)OCC(COC(=O)CCCCCCCCCC)OC(=O)CCCCCCCCCCCCCCCCCCC. The largest absolute Gasteiger partial charge is 0.462 e. The van der Waals surface area contributed by atoms with Crippen LogP contribution in [0.15, 0.2) is 60.8 Å². The minimum absolute atomic E-state index is 0.0691. The van der Waals surface area contributed by atoms with Crippen LogP contribution in [-0.2, 0) is 28.6 Å². The number of carbonyl (C=O) groups is 3. The molecule has 0 heterocycles. The Labute approximate surface area is 447 Å². The summed E-state index contributed by atoms with van der Waals surface area (Å²) in [5.41, 5.74) is 0. The molecule has 6 heteroatoms. The number of hydrogen-bond acceptors (Lipinski definition) is 6. The van der Waals surface area contributed by atoms with Crippen LogP contribution in [0.2, 0.25) is 0 Å². The van der Waals surface area contributed by atoms with Crippen LogP contribution in [0.25, 0.3) is 0 Å². The molecule has 0 rings (SSSR count). The molecule has 0 aliphatic rings. The van der Waals surface area contributed by atoms with E-state index in [9.17, 15) is 14.4 Å². The van der Waals surface area contributed by atoms with Crippen molar-refractivity contribution in [1.82, 2.24) is 0 Å². The van der Waals surface area contributed by atoms with Crippen molar-refractivity contribution >= 4 is 17.9 Å². The van der Waals surface area contributed by atoms with E-state index in [-0.39, 0.29) is 31.1 Å². The van der Waals surface area contributed by atoms with Crippen molar-refractivity contribution in [2.45, 2.75) is 329 Å². The molecule has 0 aliphatic carbocycles. The van der Waals surface area contributed by atoms with Crippen molar-refractivity contribution in [3.05, 3.63) is 60.8 Å². The zero-order valence-corrected chi connectivity index (χ0v) is 47.9. The monoisotopic (exact) mass is 1010 g/mol. The van der Waals surface area contributed by atoms with Crippen LogP contribution in [0.5, 0.6) is 0 Å². The summed E-state index contributed by atoms with van der Waals surface area (Å²) in [6.45, 7) is 6.54. The van der Waals surface area contributed by atoms with E-state index in [1.165, 1.54) is 193 Å². The first kappa shape index (κ1) is 69.1. The molecule has 0 amide bonds. The highest BCUT2D eigenvalue weighted by molar-refractivity contribution is 5.71. The lowest BCUT2D eigenvalue weighted by Crippen LogP contribution is -2.30. The van der Waals surface area contributed by atoms with Gasteiger partial charge in [0.15, 0.2) is 6.10 Å². The van der Waals surface area contributed by atoms with Gasteiger partial charge in [-0.2, -0.15) is 0 Å². The van der Waals surface area contributed by atoms with Gasteiger partial charge in [0.2, 0.25) is 0 Å². The van der Waals surface area contributed by atoms with Gasteiger partial charge in [0.05, 0.1) is 0 Å². The van der Waals surface area contributed by atoms with Crippen LogP contribution < -0.4 is 0 Å². The summed E-state index contributed by atoms with van der Waals surface area (Å²) >= 11 is 0. The van der Waals surface area contributed by atoms with E-state index in [0.29, 0.717) is 19.3 Å². The van der Waals surface area contributed by atoms with Gasteiger partial charge in [-0.05, 0) is 64.2 Å². The fourth-order valence-corrected chi connectivity index (χ4v) is 9.12. The minimum atomic E-state index is -0.769. The lowest BCUT2D eigenvalue weighted by atomic mass is 10.0.